The van der Waals surface area contributed by atoms with Crippen molar-refractivity contribution in [2.75, 3.05) is 0 Å². The molecule has 6 nitrogen and oxygen atoms in total. The molecule has 0 saturated heterocycles. The van der Waals surface area contributed by atoms with E-state index in [2.05, 4.69) is 26.1 Å². The quantitative estimate of drug-likeness (QED) is 0.905. The molecule has 0 saturated carbocycles. The zero-order valence-corrected chi connectivity index (χ0v) is 13.5. The summed E-state index contributed by atoms with van der Waals surface area (Å²) in [5.41, 5.74) is -0.162. The van der Waals surface area contributed by atoms with E-state index < -0.39 is 5.97 Å². The van der Waals surface area contributed by atoms with Crippen molar-refractivity contribution >= 4 is 21.9 Å². The van der Waals surface area contributed by atoms with Crippen LogP contribution in [-0.2, 0) is 12.0 Å². The number of halogens is 1. The van der Waals surface area contributed by atoms with Crippen LogP contribution in [0.5, 0.6) is 5.75 Å². The summed E-state index contributed by atoms with van der Waals surface area (Å²) in [6.07, 6.45) is 0. The number of rotatable bonds is 4. The second kappa shape index (κ2) is 5.85. The zero-order valence-electron chi connectivity index (χ0n) is 11.9. The molecular formula is C14H15BrN2O4. The van der Waals surface area contributed by atoms with Gasteiger partial charge in [-0.2, -0.15) is 4.98 Å². The third kappa shape index (κ3) is 3.81. The van der Waals surface area contributed by atoms with Crippen molar-refractivity contribution in [2.24, 2.45) is 0 Å². The van der Waals surface area contributed by atoms with Gasteiger partial charge in [-0.15, -0.1) is 0 Å². The standard InChI is InChI=1S/C14H15BrN2O4/c1-14(2,3)13-16-11(17-21-13)7-20-10-6-8(15)4-5-9(10)12(18)19/h4-6H,7H2,1-3H3,(H,18,19). The van der Waals surface area contributed by atoms with Crippen molar-refractivity contribution in [1.82, 2.24) is 10.1 Å². The summed E-state index contributed by atoms with van der Waals surface area (Å²) in [6, 6.07) is 4.70. The molecule has 0 aliphatic heterocycles. The van der Waals surface area contributed by atoms with E-state index in [1.807, 2.05) is 20.8 Å². The average Bonchev–Trinajstić information content (AvgIpc) is 2.84. The van der Waals surface area contributed by atoms with E-state index in [-0.39, 0.29) is 23.3 Å². The lowest BCUT2D eigenvalue weighted by atomic mass is 9.97. The van der Waals surface area contributed by atoms with E-state index >= 15 is 0 Å². The monoisotopic (exact) mass is 354 g/mol. The highest BCUT2D eigenvalue weighted by atomic mass is 79.9. The topological polar surface area (TPSA) is 85.5 Å². The second-order valence-corrected chi connectivity index (χ2v) is 6.42. The fraction of sp³-hybridized carbons (Fsp3) is 0.357. The van der Waals surface area contributed by atoms with Crippen molar-refractivity contribution in [3.8, 4) is 5.75 Å². The number of hydrogen-bond donors (Lipinski definition) is 1. The summed E-state index contributed by atoms with van der Waals surface area (Å²) in [5, 5.41) is 12.9. The van der Waals surface area contributed by atoms with Crippen molar-refractivity contribution in [3.05, 3.63) is 40.0 Å². The molecule has 2 aromatic rings. The van der Waals surface area contributed by atoms with Gasteiger partial charge in [0.15, 0.2) is 6.61 Å². The molecule has 1 aromatic heterocycles. The van der Waals surface area contributed by atoms with Crippen LogP contribution in [0.25, 0.3) is 0 Å². The Bertz CT molecular complexity index is 661. The van der Waals surface area contributed by atoms with Crippen LogP contribution in [0.2, 0.25) is 0 Å². The predicted octanol–water partition coefficient (Wildman–Crippen LogP) is 3.41. The van der Waals surface area contributed by atoms with Gasteiger partial charge in [0.2, 0.25) is 11.7 Å². The van der Waals surface area contributed by atoms with Gasteiger partial charge in [-0.3, -0.25) is 0 Å². The van der Waals surface area contributed by atoms with E-state index in [0.717, 1.165) is 4.47 Å². The van der Waals surface area contributed by atoms with Crippen LogP contribution in [0, 0.1) is 0 Å². The molecule has 0 aliphatic carbocycles. The van der Waals surface area contributed by atoms with Gasteiger partial charge in [-0.25, -0.2) is 4.79 Å². The normalized spacial score (nSPS) is 11.4. The molecule has 2 rings (SSSR count). The summed E-state index contributed by atoms with van der Waals surface area (Å²) in [7, 11) is 0. The molecule has 1 N–H and O–H groups in total. The Kier molecular flexibility index (Phi) is 4.32. The van der Waals surface area contributed by atoms with Crippen LogP contribution in [0.3, 0.4) is 0 Å². The zero-order chi connectivity index (χ0) is 15.6. The number of carboxylic acid groups (broad SMARTS) is 1. The summed E-state index contributed by atoms with van der Waals surface area (Å²) >= 11 is 3.28. The highest BCUT2D eigenvalue weighted by Crippen LogP contribution is 2.25. The summed E-state index contributed by atoms with van der Waals surface area (Å²) in [4.78, 5) is 15.4. The molecule has 7 heteroatoms. The smallest absolute Gasteiger partial charge is 0.339 e. The minimum atomic E-state index is -1.05. The minimum absolute atomic E-state index is 0.0380. The first kappa shape index (κ1) is 15.5. The fourth-order valence-corrected chi connectivity index (χ4v) is 1.89. The molecule has 21 heavy (non-hydrogen) atoms. The molecule has 0 bridgehead atoms. The largest absolute Gasteiger partial charge is 0.485 e. The maximum atomic E-state index is 11.1. The van der Waals surface area contributed by atoms with Gasteiger partial charge < -0.3 is 14.4 Å². The van der Waals surface area contributed by atoms with Crippen molar-refractivity contribution < 1.29 is 19.2 Å². The van der Waals surface area contributed by atoms with Gasteiger partial charge in [0.25, 0.3) is 0 Å². The van der Waals surface area contributed by atoms with Gasteiger partial charge in [0, 0.05) is 9.89 Å². The van der Waals surface area contributed by atoms with E-state index in [1.54, 1.807) is 12.1 Å². The van der Waals surface area contributed by atoms with E-state index in [9.17, 15) is 4.79 Å². The van der Waals surface area contributed by atoms with E-state index in [1.165, 1.54) is 6.07 Å². The molecule has 0 aliphatic rings. The number of carbonyl (C=O) groups is 1. The van der Waals surface area contributed by atoms with Crippen LogP contribution in [0.1, 0.15) is 42.8 Å². The Morgan fingerprint density at radius 3 is 2.71 bits per heavy atom. The highest BCUT2D eigenvalue weighted by molar-refractivity contribution is 9.10. The molecule has 1 heterocycles. The van der Waals surface area contributed by atoms with Crippen molar-refractivity contribution in [2.45, 2.75) is 32.8 Å². The molecule has 0 unspecified atom stereocenters. The first-order valence-corrected chi connectivity index (χ1v) is 7.05. The first-order chi connectivity index (χ1) is 9.77. The van der Waals surface area contributed by atoms with Gasteiger partial charge in [-0.1, -0.05) is 41.9 Å². The number of aromatic carboxylic acids is 1. The molecule has 0 fully saturated rings. The SMILES string of the molecule is CC(C)(C)c1nc(COc2cc(Br)ccc2C(=O)O)no1. The predicted molar refractivity (Wildman–Crippen MR) is 78.4 cm³/mol. The van der Waals surface area contributed by atoms with Crippen molar-refractivity contribution in [3.63, 3.8) is 0 Å². The highest BCUT2D eigenvalue weighted by Gasteiger charge is 2.22. The van der Waals surface area contributed by atoms with Crippen LogP contribution in [0.15, 0.2) is 27.2 Å². The van der Waals surface area contributed by atoms with E-state index in [4.69, 9.17) is 14.4 Å². The molecule has 0 radical (unpaired) electrons. The molecule has 112 valence electrons. The minimum Gasteiger partial charge on any atom is -0.485 e. The molecule has 0 amide bonds. The number of nitrogens with zero attached hydrogens (tertiary/aromatic N) is 2. The molecule has 0 spiro atoms. The summed E-state index contributed by atoms with van der Waals surface area (Å²) in [6.45, 7) is 5.92. The fourth-order valence-electron chi connectivity index (χ4n) is 1.55. The number of aromatic nitrogens is 2. The van der Waals surface area contributed by atoms with Crippen LogP contribution in [-0.4, -0.2) is 21.2 Å². The lowest BCUT2D eigenvalue weighted by Crippen LogP contribution is -2.11. The first-order valence-electron chi connectivity index (χ1n) is 6.26. The lowest BCUT2D eigenvalue weighted by molar-refractivity contribution is 0.0691. The lowest BCUT2D eigenvalue weighted by Gasteiger charge is -2.10. The Morgan fingerprint density at radius 1 is 1.43 bits per heavy atom. The Morgan fingerprint density at radius 2 is 2.14 bits per heavy atom. The van der Waals surface area contributed by atoms with Gasteiger partial charge in [0.05, 0.1) is 0 Å². The van der Waals surface area contributed by atoms with Crippen LogP contribution >= 0.6 is 15.9 Å². The van der Waals surface area contributed by atoms with Gasteiger partial charge in [-0.05, 0) is 18.2 Å². The Labute approximate surface area is 130 Å². The summed E-state index contributed by atoms with van der Waals surface area (Å²) < 4.78 is 11.4. The molecular weight excluding hydrogens is 340 g/mol. The summed E-state index contributed by atoms with van der Waals surface area (Å²) in [5.74, 6) is 0.0741. The maximum Gasteiger partial charge on any atom is 0.339 e. The number of benzene rings is 1. The average molecular weight is 355 g/mol. The van der Waals surface area contributed by atoms with Crippen molar-refractivity contribution in [1.29, 1.82) is 0 Å². The molecule has 1 aromatic carbocycles. The number of ether oxygens (including phenoxy) is 1. The van der Waals surface area contributed by atoms with Gasteiger partial charge in [0.1, 0.15) is 11.3 Å². The number of carboxylic acids is 1. The number of hydrogen-bond acceptors (Lipinski definition) is 5. The van der Waals surface area contributed by atoms with Crippen LogP contribution < -0.4 is 4.74 Å². The second-order valence-electron chi connectivity index (χ2n) is 5.50. The van der Waals surface area contributed by atoms with Crippen LogP contribution in [0.4, 0.5) is 0 Å². The maximum absolute atomic E-state index is 11.1. The third-order valence-electron chi connectivity index (χ3n) is 2.64. The molecule has 0 atom stereocenters. The Hall–Kier alpha value is -1.89. The van der Waals surface area contributed by atoms with Gasteiger partial charge >= 0.3 is 5.97 Å². The third-order valence-corrected chi connectivity index (χ3v) is 3.13. The van der Waals surface area contributed by atoms with E-state index in [0.29, 0.717) is 11.7 Å². The Balaban J connectivity index is 2.15.